The van der Waals surface area contributed by atoms with Crippen molar-refractivity contribution in [3.8, 4) is 0 Å². The van der Waals surface area contributed by atoms with Gasteiger partial charge in [0.2, 0.25) is 5.91 Å². The highest BCUT2D eigenvalue weighted by Crippen LogP contribution is 2.28. The maximum absolute atomic E-state index is 12.2. The lowest BCUT2D eigenvalue weighted by atomic mass is 9.79. The van der Waals surface area contributed by atoms with Gasteiger partial charge in [-0.1, -0.05) is 0 Å². The summed E-state index contributed by atoms with van der Waals surface area (Å²) >= 11 is 0. The standard InChI is InChI=1S/C18H26N4O3/c1-17(2)9-13(10-18(3,4)22-17)21-16(25)15(24)20-12-7-5-11(6-8-12)14(19)23/h5-8,13,22H,9-10H2,1-4H3,(H2,19,23)(H,20,24)(H,21,25). The molecule has 1 heterocycles. The van der Waals surface area contributed by atoms with E-state index in [1.165, 1.54) is 24.3 Å². The fourth-order valence-corrected chi connectivity index (χ4v) is 3.58. The smallest absolute Gasteiger partial charge is 0.313 e. The third-order valence-electron chi connectivity index (χ3n) is 4.16. The van der Waals surface area contributed by atoms with Crippen LogP contribution in [0, 0.1) is 0 Å². The van der Waals surface area contributed by atoms with E-state index in [2.05, 4.69) is 43.6 Å². The van der Waals surface area contributed by atoms with Crippen LogP contribution in [-0.4, -0.2) is 34.8 Å². The molecular weight excluding hydrogens is 320 g/mol. The van der Waals surface area contributed by atoms with Crippen LogP contribution in [-0.2, 0) is 9.59 Å². The molecule has 0 spiro atoms. The Bertz CT molecular complexity index is 664. The molecule has 0 bridgehead atoms. The van der Waals surface area contributed by atoms with Gasteiger partial charge in [0.15, 0.2) is 0 Å². The fourth-order valence-electron chi connectivity index (χ4n) is 3.58. The maximum atomic E-state index is 12.2. The fraction of sp³-hybridized carbons (Fsp3) is 0.500. The van der Waals surface area contributed by atoms with Crippen LogP contribution >= 0.6 is 0 Å². The van der Waals surface area contributed by atoms with E-state index in [4.69, 9.17) is 5.73 Å². The minimum absolute atomic E-state index is 0.0817. The summed E-state index contributed by atoms with van der Waals surface area (Å²) in [5, 5.41) is 8.86. The van der Waals surface area contributed by atoms with E-state index in [0.29, 0.717) is 11.3 Å². The summed E-state index contributed by atoms with van der Waals surface area (Å²) in [4.78, 5) is 35.3. The highest BCUT2D eigenvalue weighted by atomic mass is 16.2. The lowest BCUT2D eigenvalue weighted by molar-refractivity contribution is -0.137. The van der Waals surface area contributed by atoms with E-state index >= 15 is 0 Å². The summed E-state index contributed by atoms with van der Waals surface area (Å²) in [5.74, 6) is -1.95. The second-order valence-corrected chi connectivity index (χ2v) is 7.87. The predicted octanol–water partition coefficient (Wildman–Crippen LogP) is 1.15. The normalized spacial score (nSPS) is 19.0. The molecule has 0 radical (unpaired) electrons. The van der Waals surface area contributed by atoms with Gasteiger partial charge in [-0.15, -0.1) is 0 Å². The first kappa shape index (κ1) is 18.9. The van der Waals surface area contributed by atoms with Crippen LogP contribution in [0.3, 0.4) is 0 Å². The average Bonchev–Trinajstić information content (AvgIpc) is 2.44. The molecule has 5 N–H and O–H groups in total. The number of rotatable bonds is 3. The van der Waals surface area contributed by atoms with Gasteiger partial charge >= 0.3 is 11.8 Å². The van der Waals surface area contributed by atoms with Crippen molar-refractivity contribution in [2.75, 3.05) is 5.32 Å². The molecule has 0 unspecified atom stereocenters. The lowest BCUT2D eigenvalue weighted by Gasteiger charge is -2.46. The lowest BCUT2D eigenvalue weighted by Crippen LogP contribution is -2.62. The van der Waals surface area contributed by atoms with Gasteiger partial charge in [0.1, 0.15) is 0 Å². The van der Waals surface area contributed by atoms with E-state index in [0.717, 1.165) is 12.8 Å². The highest BCUT2D eigenvalue weighted by Gasteiger charge is 2.38. The van der Waals surface area contributed by atoms with Crippen LogP contribution in [0.4, 0.5) is 5.69 Å². The van der Waals surface area contributed by atoms with Gasteiger partial charge in [-0.05, 0) is 64.8 Å². The third-order valence-corrected chi connectivity index (χ3v) is 4.16. The van der Waals surface area contributed by atoms with E-state index < -0.39 is 17.7 Å². The zero-order chi connectivity index (χ0) is 18.8. The Morgan fingerprint density at radius 3 is 2.00 bits per heavy atom. The molecule has 1 saturated heterocycles. The summed E-state index contributed by atoms with van der Waals surface area (Å²) in [7, 11) is 0. The predicted molar refractivity (Wildman–Crippen MR) is 96.0 cm³/mol. The van der Waals surface area contributed by atoms with Crippen LogP contribution < -0.4 is 21.7 Å². The molecule has 0 aromatic heterocycles. The Kier molecular flexibility index (Phi) is 5.17. The molecule has 1 fully saturated rings. The number of primary amides is 1. The van der Waals surface area contributed by atoms with E-state index in [1.54, 1.807) is 0 Å². The topological polar surface area (TPSA) is 113 Å². The molecule has 1 aromatic carbocycles. The molecule has 1 aliphatic rings. The second kappa shape index (κ2) is 6.84. The van der Waals surface area contributed by atoms with Crippen molar-refractivity contribution in [2.45, 2.75) is 57.7 Å². The van der Waals surface area contributed by atoms with Gasteiger partial charge in [0, 0.05) is 28.4 Å². The van der Waals surface area contributed by atoms with Crippen LogP contribution in [0.15, 0.2) is 24.3 Å². The van der Waals surface area contributed by atoms with Gasteiger partial charge < -0.3 is 21.7 Å². The number of anilines is 1. The molecule has 0 saturated carbocycles. The number of carbonyl (C=O) groups excluding carboxylic acids is 3. The van der Waals surface area contributed by atoms with Crippen molar-refractivity contribution in [3.63, 3.8) is 0 Å². The van der Waals surface area contributed by atoms with Crippen LogP contribution in [0.2, 0.25) is 0 Å². The van der Waals surface area contributed by atoms with E-state index in [9.17, 15) is 14.4 Å². The summed E-state index contributed by atoms with van der Waals surface area (Å²) in [6.45, 7) is 8.31. The van der Waals surface area contributed by atoms with Crippen molar-refractivity contribution in [1.29, 1.82) is 0 Å². The van der Waals surface area contributed by atoms with Gasteiger partial charge in [0.25, 0.3) is 0 Å². The molecule has 7 heteroatoms. The number of hydrogen-bond acceptors (Lipinski definition) is 4. The second-order valence-electron chi connectivity index (χ2n) is 7.87. The first-order valence-corrected chi connectivity index (χ1v) is 8.28. The zero-order valence-corrected chi connectivity index (χ0v) is 15.1. The van der Waals surface area contributed by atoms with Crippen LogP contribution in [0.5, 0.6) is 0 Å². The molecule has 25 heavy (non-hydrogen) atoms. The van der Waals surface area contributed by atoms with Crippen molar-refractivity contribution < 1.29 is 14.4 Å². The molecule has 3 amide bonds. The Morgan fingerprint density at radius 1 is 1.00 bits per heavy atom. The van der Waals surface area contributed by atoms with Crippen LogP contribution in [0.1, 0.15) is 50.9 Å². The number of nitrogens with one attached hydrogen (secondary N) is 3. The summed E-state index contributed by atoms with van der Waals surface area (Å²) in [6.07, 6.45) is 1.48. The quantitative estimate of drug-likeness (QED) is 0.615. The van der Waals surface area contributed by atoms with Gasteiger partial charge in [-0.3, -0.25) is 14.4 Å². The number of benzene rings is 1. The number of hydrogen-bond donors (Lipinski definition) is 4. The zero-order valence-electron chi connectivity index (χ0n) is 15.1. The molecular formula is C18H26N4O3. The molecule has 1 aliphatic heterocycles. The van der Waals surface area contributed by atoms with Crippen molar-refractivity contribution in [1.82, 2.24) is 10.6 Å². The summed E-state index contributed by atoms with van der Waals surface area (Å²) < 4.78 is 0. The Balaban J connectivity index is 1.96. The summed E-state index contributed by atoms with van der Waals surface area (Å²) in [5.41, 5.74) is 5.68. The number of carbonyl (C=O) groups is 3. The van der Waals surface area contributed by atoms with E-state index in [-0.39, 0.29) is 17.1 Å². The minimum Gasteiger partial charge on any atom is -0.366 e. The Morgan fingerprint density at radius 2 is 1.52 bits per heavy atom. The van der Waals surface area contributed by atoms with Crippen molar-refractivity contribution >= 4 is 23.4 Å². The first-order chi connectivity index (χ1) is 11.5. The molecule has 0 aliphatic carbocycles. The summed E-state index contributed by atoms with van der Waals surface area (Å²) in [6, 6.07) is 5.97. The number of amides is 3. The van der Waals surface area contributed by atoms with Gasteiger partial charge in [-0.25, -0.2) is 0 Å². The third kappa shape index (κ3) is 5.29. The molecule has 2 rings (SSSR count). The molecule has 136 valence electrons. The number of nitrogens with two attached hydrogens (primary N) is 1. The number of piperidine rings is 1. The van der Waals surface area contributed by atoms with Crippen molar-refractivity contribution in [2.24, 2.45) is 5.73 Å². The first-order valence-electron chi connectivity index (χ1n) is 8.28. The maximum Gasteiger partial charge on any atom is 0.313 e. The molecule has 0 atom stereocenters. The van der Waals surface area contributed by atoms with Gasteiger partial charge in [-0.2, -0.15) is 0 Å². The Hall–Kier alpha value is -2.41. The largest absolute Gasteiger partial charge is 0.366 e. The molecule has 7 nitrogen and oxygen atoms in total. The van der Waals surface area contributed by atoms with Gasteiger partial charge in [0.05, 0.1) is 0 Å². The molecule has 1 aromatic rings. The van der Waals surface area contributed by atoms with E-state index in [1.807, 2.05) is 0 Å². The van der Waals surface area contributed by atoms with Crippen molar-refractivity contribution in [3.05, 3.63) is 29.8 Å². The highest BCUT2D eigenvalue weighted by molar-refractivity contribution is 6.39. The SMILES string of the molecule is CC1(C)CC(NC(=O)C(=O)Nc2ccc(C(N)=O)cc2)CC(C)(C)N1. The minimum atomic E-state index is -0.735. The monoisotopic (exact) mass is 346 g/mol. The Labute approximate surface area is 147 Å². The average molecular weight is 346 g/mol. The van der Waals surface area contributed by atoms with Crippen LogP contribution in [0.25, 0.3) is 0 Å².